The average molecular weight is 326 g/mol. The molecule has 0 spiro atoms. The lowest BCUT2D eigenvalue weighted by molar-refractivity contribution is 0.0950. The fourth-order valence-electron chi connectivity index (χ4n) is 2.32. The number of rotatable bonds is 5. The predicted octanol–water partition coefficient (Wildman–Crippen LogP) is 3.99. The molecule has 0 saturated heterocycles. The minimum atomic E-state index is -0.150. The third-order valence-corrected chi connectivity index (χ3v) is 4.33. The highest BCUT2D eigenvalue weighted by Crippen LogP contribution is 2.25. The Morgan fingerprint density at radius 2 is 2.13 bits per heavy atom. The summed E-state index contributed by atoms with van der Waals surface area (Å²) < 4.78 is 5.53. The van der Waals surface area contributed by atoms with E-state index in [2.05, 4.69) is 35.4 Å². The Morgan fingerprint density at radius 3 is 2.87 bits per heavy atom. The standard InChI is InChI=1S/C18H18N2O2S/c1-12-4-3-5-14(10-12)8-9-19-17(21)15-11-23-18(20-15)16-7-6-13(2)22-16/h3-7,10-11H,8-9H2,1-2H3,(H,19,21). The number of hydrogen-bond donors (Lipinski definition) is 1. The summed E-state index contributed by atoms with van der Waals surface area (Å²) in [7, 11) is 0. The first kappa shape index (κ1) is 15.5. The number of aromatic nitrogens is 1. The van der Waals surface area contributed by atoms with Crippen LogP contribution in [0.4, 0.5) is 0 Å². The van der Waals surface area contributed by atoms with Crippen LogP contribution in [0.15, 0.2) is 46.2 Å². The Labute approximate surface area is 139 Å². The van der Waals surface area contributed by atoms with E-state index in [1.165, 1.54) is 22.5 Å². The molecule has 0 atom stereocenters. The van der Waals surface area contributed by atoms with Gasteiger partial charge >= 0.3 is 0 Å². The van der Waals surface area contributed by atoms with E-state index in [4.69, 9.17) is 4.42 Å². The molecular formula is C18H18N2O2S. The van der Waals surface area contributed by atoms with Crippen LogP contribution in [0.5, 0.6) is 0 Å². The maximum atomic E-state index is 12.2. The molecule has 0 bridgehead atoms. The molecule has 23 heavy (non-hydrogen) atoms. The molecule has 3 aromatic rings. The van der Waals surface area contributed by atoms with E-state index in [1.807, 2.05) is 25.1 Å². The summed E-state index contributed by atoms with van der Waals surface area (Å²) in [4.78, 5) is 16.5. The van der Waals surface area contributed by atoms with Gasteiger partial charge in [0.25, 0.3) is 5.91 Å². The van der Waals surface area contributed by atoms with Gasteiger partial charge in [0.1, 0.15) is 11.5 Å². The zero-order chi connectivity index (χ0) is 16.2. The zero-order valence-corrected chi connectivity index (χ0v) is 13.9. The molecule has 0 saturated carbocycles. The third-order valence-electron chi connectivity index (χ3n) is 3.47. The van der Waals surface area contributed by atoms with Gasteiger partial charge in [0.05, 0.1) is 0 Å². The van der Waals surface area contributed by atoms with Gasteiger partial charge in [0, 0.05) is 11.9 Å². The number of nitrogens with one attached hydrogen (secondary N) is 1. The van der Waals surface area contributed by atoms with E-state index in [-0.39, 0.29) is 5.91 Å². The van der Waals surface area contributed by atoms with Gasteiger partial charge < -0.3 is 9.73 Å². The van der Waals surface area contributed by atoms with Gasteiger partial charge in [-0.1, -0.05) is 29.8 Å². The van der Waals surface area contributed by atoms with Gasteiger partial charge in [0.15, 0.2) is 10.8 Å². The van der Waals surface area contributed by atoms with Gasteiger partial charge in [-0.25, -0.2) is 4.98 Å². The molecule has 1 amide bonds. The molecule has 0 aliphatic rings. The van der Waals surface area contributed by atoms with Crippen molar-refractivity contribution in [3.05, 3.63) is 64.4 Å². The van der Waals surface area contributed by atoms with E-state index in [0.717, 1.165) is 17.2 Å². The van der Waals surface area contributed by atoms with Crippen molar-refractivity contribution in [2.24, 2.45) is 0 Å². The minimum absolute atomic E-state index is 0.150. The Bertz CT molecular complexity index is 820. The van der Waals surface area contributed by atoms with Crippen LogP contribution in [-0.2, 0) is 6.42 Å². The monoisotopic (exact) mass is 326 g/mol. The summed E-state index contributed by atoms with van der Waals surface area (Å²) in [6, 6.07) is 12.1. The highest BCUT2D eigenvalue weighted by Gasteiger charge is 2.13. The van der Waals surface area contributed by atoms with Gasteiger partial charge in [0.2, 0.25) is 0 Å². The fraction of sp³-hybridized carbons (Fsp3) is 0.222. The van der Waals surface area contributed by atoms with E-state index >= 15 is 0 Å². The lowest BCUT2D eigenvalue weighted by atomic mass is 10.1. The van der Waals surface area contributed by atoms with Gasteiger partial charge in [-0.05, 0) is 38.0 Å². The lowest BCUT2D eigenvalue weighted by Crippen LogP contribution is -2.25. The lowest BCUT2D eigenvalue weighted by Gasteiger charge is -2.04. The molecule has 4 nitrogen and oxygen atoms in total. The number of furan rings is 1. The summed E-state index contributed by atoms with van der Waals surface area (Å²) in [5, 5.41) is 5.39. The van der Waals surface area contributed by atoms with Crippen LogP contribution in [0, 0.1) is 13.8 Å². The first-order chi connectivity index (χ1) is 11.1. The molecule has 2 aromatic heterocycles. The van der Waals surface area contributed by atoms with E-state index < -0.39 is 0 Å². The molecular weight excluding hydrogens is 308 g/mol. The molecule has 0 aliphatic heterocycles. The highest BCUT2D eigenvalue weighted by molar-refractivity contribution is 7.13. The topological polar surface area (TPSA) is 55.1 Å². The molecule has 1 N–H and O–H groups in total. The molecule has 0 aliphatic carbocycles. The molecule has 118 valence electrons. The number of benzene rings is 1. The quantitative estimate of drug-likeness (QED) is 0.771. The van der Waals surface area contributed by atoms with Crippen LogP contribution < -0.4 is 5.32 Å². The third kappa shape index (κ3) is 3.87. The molecule has 1 aromatic carbocycles. The molecule has 3 rings (SSSR count). The van der Waals surface area contributed by atoms with Crippen molar-refractivity contribution < 1.29 is 9.21 Å². The number of amides is 1. The highest BCUT2D eigenvalue weighted by atomic mass is 32.1. The molecule has 0 unspecified atom stereocenters. The zero-order valence-electron chi connectivity index (χ0n) is 13.1. The summed E-state index contributed by atoms with van der Waals surface area (Å²) in [6.07, 6.45) is 0.807. The second kappa shape index (κ2) is 6.79. The maximum absolute atomic E-state index is 12.2. The Balaban J connectivity index is 1.57. The fourth-order valence-corrected chi connectivity index (χ4v) is 3.08. The Morgan fingerprint density at radius 1 is 1.26 bits per heavy atom. The summed E-state index contributed by atoms with van der Waals surface area (Å²) in [6.45, 7) is 4.54. The number of hydrogen-bond acceptors (Lipinski definition) is 4. The van der Waals surface area contributed by atoms with Crippen molar-refractivity contribution in [3.8, 4) is 10.8 Å². The molecule has 0 radical (unpaired) electrons. The van der Waals surface area contributed by atoms with E-state index in [1.54, 1.807) is 5.38 Å². The second-order valence-electron chi connectivity index (χ2n) is 5.44. The Kier molecular flexibility index (Phi) is 4.57. The normalized spacial score (nSPS) is 10.7. The van der Waals surface area contributed by atoms with Crippen molar-refractivity contribution in [1.82, 2.24) is 10.3 Å². The predicted molar refractivity (Wildman–Crippen MR) is 91.8 cm³/mol. The second-order valence-corrected chi connectivity index (χ2v) is 6.30. The van der Waals surface area contributed by atoms with Crippen molar-refractivity contribution in [1.29, 1.82) is 0 Å². The van der Waals surface area contributed by atoms with Gasteiger partial charge in [-0.15, -0.1) is 11.3 Å². The maximum Gasteiger partial charge on any atom is 0.270 e. The average Bonchev–Trinajstić information content (AvgIpc) is 3.16. The van der Waals surface area contributed by atoms with Crippen molar-refractivity contribution in [3.63, 3.8) is 0 Å². The van der Waals surface area contributed by atoms with Crippen LogP contribution in [0.25, 0.3) is 10.8 Å². The minimum Gasteiger partial charge on any atom is -0.459 e. The number of carbonyl (C=O) groups is 1. The van der Waals surface area contributed by atoms with Gasteiger partial charge in [-0.3, -0.25) is 4.79 Å². The van der Waals surface area contributed by atoms with Crippen LogP contribution in [0.3, 0.4) is 0 Å². The first-order valence-corrected chi connectivity index (χ1v) is 8.36. The van der Waals surface area contributed by atoms with Crippen LogP contribution in [0.2, 0.25) is 0 Å². The summed E-state index contributed by atoms with van der Waals surface area (Å²) in [5.41, 5.74) is 2.88. The molecule has 5 heteroatoms. The first-order valence-electron chi connectivity index (χ1n) is 7.48. The SMILES string of the molecule is Cc1cccc(CCNC(=O)c2csc(-c3ccc(C)o3)n2)c1. The smallest absolute Gasteiger partial charge is 0.270 e. The number of thiazole rings is 1. The van der Waals surface area contributed by atoms with E-state index in [0.29, 0.717) is 18.0 Å². The summed E-state index contributed by atoms with van der Waals surface area (Å²) in [5.74, 6) is 1.38. The number of carbonyl (C=O) groups excluding carboxylic acids is 1. The van der Waals surface area contributed by atoms with Gasteiger partial charge in [-0.2, -0.15) is 0 Å². The Hall–Kier alpha value is -2.40. The molecule has 0 fully saturated rings. The van der Waals surface area contributed by atoms with Crippen LogP contribution in [0.1, 0.15) is 27.4 Å². The molecule has 2 heterocycles. The largest absolute Gasteiger partial charge is 0.459 e. The van der Waals surface area contributed by atoms with Crippen molar-refractivity contribution >= 4 is 17.2 Å². The van der Waals surface area contributed by atoms with E-state index in [9.17, 15) is 4.79 Å². The van der Waals surface area contributed by atoms with Crippen molar-refractivity contribution in [2.45, 2.75) is 20.3 Å². The van der Waals surface area contributed by atoms with Crippen LogP contribution in [-0.4, -0.2) is 17.4 Å². The van der Waals surface area contributed by atoms with Crippen LogP contribution >= 0.6 is 11.3 Å². The summed E-state index contributed by atoms with van der Waals surface area (Å²) >= 11 is 1.41. The number of aryl methyl sites for hydroxylation is 2. The number of nitrogens with zero attached hydrogens (tertiary/aromatic N) is 1. The van der Waals surface area contributed by atoms with Crippen molar-refractivity contribution in [2.75, 3.05) is 6.54 Å².